The van der Waals surface area contributed by atoms with Crippen molar-refractivity contribution in [1.82, 2.24) is 9.55 Å². The van der Waals surface area contributed by atoms with Crippen molar-refractivity contribution in [2.75, 3.05) is 0 Å². The molecule has 2 aromatic carbocycles. The first-order valence-electron chi connectivity index (χ1n) is 6.00. The normalized spacial score (nSPS) is 11.1. The molecule has 96 valence electrons. The molecular formula is C15H12F2N2. The number of rotatable bonds is 2. The number of aryl methyl sites for hydroxylation is 1. The van der Waals surface area contributed by atoms with Gasteiger partial charge in [0, 0.05) is 12.6 Å². The van der Waals surface area contributed by atoms with Crippen LogP contribution in [-0.4, -0.2) is 9.55 Å². The van der Waals surface area contributed by atoms with Crippen molar-refractivity contribution in [2.24, 2.45) is 0 Å². The Kier molecular flexibility index (Phi) is 2.78. The molecule has 1 heterocycles. The maximum absolute atomic E-state index is 13.2. The maximum atomic E-state index is 13.2. The lowest BCUT2D eigenvalue weighted by Crippen LogP contribution is -2.02. The van der Waals surface area contributed by atoms with Crippen LogP contribution in [0.2, 0.25) is 0 Å². The zero-order valence-electron chi connectivity index (χ0n) is 10.4. The van der Waals surface area contributed by atoms with Crippen LogP contribution in [0.3, 0.4) is 0 Å². The van der Waals surface area contributed by atoms with E-state index in [1.54, 1.807) is 0 Å². The van der Waals surface area contributed by atoms with Gasteiger partial charge in [0.15, 0.2) is 0 Å². The molecule has 0 saturated carbocycles. The van der Waals surface area contributed by atoms with Crippen molar-refractivity contribution in [1.29, 1.82) is 0 Å². The van der Waals surface area contributed by atoms with Gasteiger partial charge in [-0.15, -0.1) is 0 Å². The number of imidazole rings is 1. The molecule has 2 nitrogen and oxygen atoms in total. The number of benzene rings is 2. The Bertz CT molecular complexity index is 727. The number of para-hydroxylation sites is 2. The minimum atomic E-state index is -0.558. The molecule has 0 spiro atoms. The van der Waals surface area contributed by atoms with Crippen LogP contribution < -0.4 is 0 Å². The smallest absolute Gasteiger partial charge is 0.126 e. The average molecular weight is 258 g/mol. The van der Waals surface area contributed by atoms with Crippen LogP contribution in [0.15, 0.2) is 42.5 Å². The van der Waals surface area contributed by atoms with Gasteiger partial charge in [-0.2, -0.15) is 0 Å². The molecule has 0 radical (unpaired) electrons. The van der Waals surface area contributed by atoms with E-state index in [0.29, 0.717) is 12.1 Å². The monoisotopic (exact) mass is 258 g/mol. The van der Waals surface area contributed by atoms with E-state index in [0.717, 1.165) is 22.9 Å². The third kappa shape index (κ3) is 2.21. The van der Waals surface area contributed by atoms with E-state index in [4.69, 9.17) is 0 Å². The molecule has 0 unspecified atom stereocenters. The summed E-state index contributed by atoms with van der Waals surface area (Å²) < 4.78 is 28.4. The highest BCUT2D eigenvalue weighted by molar-refractivity contribution is 5.75. The summed E-state index contributed by atoms with van der Waals surface area (Å²) in [4.78, 5) is 4.43. The van der Waals surface area contributed by atoms with Gasteiger partial charge in [-0.25, -0.2) is 13.8 Å². The van der Waals surface area contributed by atoms with Crippen LogP contribution in [0.1, 0.15) is 11.4 Å². The molecule has 0 aliphatic rings. The minimum absolute atomic E-state index is 0.404. The second kappa shape index (κ2) is 4.46. The van der Waals surface area contributed by atoms with Crippen LogP contribution >= 0.6 is 0 Å². The number of hydrogen-bond donors (Lipinski definition) is 0. The van der Waals surface area contributed by atoms with E-state index < -0.39 is 11.6 Å². The lowest BCUT2D eigenvalue weighted by Gasteiger charge is -2.07. The fourth-order valence-electron chi connectivity index (χ4n) is 2.28. The molecule has 19 heavy (non-hydrogen) atoms. The zero-order valence-corrected chi connectivity index (χ0v) is 10.4. The molecule has 1 aromatic heterocycles. The van der Waals surface area contributed by atoms with E-state index in [1.807, 2.05) is 35.8 Å². The van der Waals surface area contributed by atoms with Crippen LogP contribution in [0.25, 0.3) is 11.0 Å². The fraction of sp³-hybridized carbons (Fsp3) is 0.133. The molecule has 4 heteroatoms. The second-order valence-electron chi connectivity index (χ2n) is 4.51. The molecule has 3 rings (SSSR count). The largest absolute Gasteiger partial charge is 0.324 e. The predicted molar refractivity (Wildman–Crippen MR) is 69.9 cm³/mol. The van der Waals surface area contributed by atoms with E-state index in [1.165, 1.54) is 12.1 Å². The van der Waals surface area contributed by atoms with Crippen molar-refractivity contribution < 1.29 is 8.78 Å². The minimum Gasteiger partial charge on any atom is -0.324 e. The standard InChI is InChI=1S/C15H12F2N2/c1-10-18-14-4-2-3-5-15(14)19(10)9-11-6-12(16)8-13(17)7-11/h2-8H,9H2,1H3. The van der Waals surface area contributed by atoms with Gasteiger partial charge in [-0.3, -0.25) is 0 Å². The molecule has 0 atom stereocenters. The Morgan fingerprint density at radius 2 is 1.74 bits per heavy atom. The van der Waals surface area contributed by atoms with E-state index in [9.17, 15) is 8.78 Å². The van der Waals surface area contributed by atoms with Gasteiger partial charge in [0.25, 0.3) is 0 Å². The first-order valence-corrected chi connectivity index (χ1v) is 6.00. The van der Waals surface area contributed by atoms with Crippen molar-refractivity contribution in [3.63, 3.8) is 0 Å². The van der Waals surface area contributed by atoms with Crippen molar-refractivity contribution in [3.05, 3.63) is 65.5 Å². The lowest BCUT2D eigenvalue weighted by atomic mass is 10.2. The highest BCUT2D eigenvalue weighted by Crippen LogP contribution is 2.18. The van der Waals surface area contributed by atoms with E-state index >= 15 is 0 Å². The zero-order chi connectivity index (χ0) is 13.4. The summed E-state index contributed by atoms with van der Waals surface area (Å²) >= 11 is 0. The van der Waals surface area contributed by atoms with Gasteiger partial charge in [0.1, 0.15) is 17.5 Å². The number of hydrogen-bond acceptors (Lipinski definition) is 1. The van der Waals surface area contributed by atoms with E-state index in [2.05, 4.69) is 4.98 Å². The Morgan fingerprint density at radius 1 is 1.05 bits per heavy atom. The van der Waals surface area contributed by atoms with Gasteiger partial charge in [0.2, 0.25) is 0 Å². The summed E-state index contributed by atoms with van der Waals surface area (Å²) in [5.74, 6) is -0.292. The van der Waals surface area contributed by atoms with Crippen LogP contribution in [-0.2, 0) is 6.54 Å². The molecule has 0 fully saturated rings. The maximum Gasteiger partial charge on any atom is 0.126 e. The first kappa shape index (κ1) is 11.8. The summed E-state index contributed by atoms with van der Waals surface area (Å²) in [7, 11) is 0. The number of aromatic nitrogens is 2. The van der Waals surface area contributed by atoms with Crippen molar-refractivity contribution in [3.8, 4) is 0 Å². The molecule has 0 aliphatic heterocycles. The third-order valence-electron chi connectivity index (χ3n) is 3.11. The predicted octanol–water partition coefficient (Wildman–Crippen LogP) is 3.67. The fourth-order valence-corrected chi connectivity index (χ4v) is 2.28. The quantitative estimate of drug-likeness (QED) is 0.685. The highest BCUT2D eigenvalue weighted by atomic mass is 19.1. The van der Waals surface area contributed by atoms with Gasteiger partial charge in [-0.1, -0.05) is 12.1 Å². The molecule has 0 bridgehead atoms. The molecule has 0 aliphatic carbocycles. The number of halogens is 2. The summed E-state index contributed by atoms with van der Waals surface area (Å²) in [6, 6.07) is 11.3. The summed E-state index contributed by atoms with van der Waals surface area (Å²) in [6.07, 6.45) is 0. The van der Waals surface area contributed by atoms with Gasteiger partial charge in [0.05, 0.1) is 11.0 Å². The average Bonchev–Trinajstić information content (AvgIpc) is 2.65. The van der Waals surface area contributed by atoms with Crippen LogP contribution in [0, 0.1) is 18.6 Å². The van der Waals surface area contributed by atoms with Crippen LogP contribution in [0.4, 0.5) is 8.78 Å². The molecule has 0 amide bonds. The highest BCUT2D eigenvalue weighted by Gasteiger charge is 2.08. The Labute approximate surface area is 109 Å². The SMILES string of the molecule is Cc1nc2ccccc2n1Cc1cc(F)cc(F)c1. The summed E-state index contributed by atoms with van der Waals surface area (Å²) in [6.45, 7) is 2.29. The molecular weight excluding hydrogens is 246 g/mol. The Hall–Kier alpha value is -2.23. The Morgan fingerprint density at radius 3 is 2.47 bits per heavy atom. The van der Waals surface area contributed by atoms with Gasteiger partial charge < -0.3 is 4.57 Å². The molecule has 0 saturated heterocycles. The number of nitrogens with zero attached hydrogens (tertiary/aromatic N) is 2. The van der Waals surface area contributed by atoms with Crippen molar-refractivity contribution in [2.45, 2.75) is 13.5 Å². The first-order chi connectivity index (χ1) is 9.13. The Balaban J connectivity index is 2.07. The van der Waals surface area contributed by atoms with Gasteiger partial charge >= 0.3 is 0 Å². The second-order valence-corrected chi connectivity index (χ2v) is 4.51. The van der Waals surface area contributed by atoms with E-state index in [-0.39, 0.29) is 0 Å². The number of fused-ring (bicyclic) bond motifs is 1. The molecule has 3 aromatic rings. The van der Waals surface area contributed by atoms with Gasteiger partial charge in [-0.05, 0) is 36.8 Å². The summed E-state index contributed by atoms with van der Waals surface area (Å²) in [5.41, 5.74) is 2.44. The molecule has 0 N–H and O–H groups in total. The van der Waals surface area contributed by atoms with Crippen LogP contribution in [0.5, 0.6) is 0 Å². The van der Waals surface area contributed by atoms with Crippen molar-refractivity contribution >= 4 is 11.0 Å². The third-order valence-corrected chi connectivity index (χ3v) is 3.11. The summed E-state index contributed by atoms with van der Waals surface area (Å²) in [5, 5.41) is 0. The lowest BCUT2D eigenvalue weighted by molar-refractivity contribution is 0.577. The topological polar surface area (TPSA) is 17.8 Å².